The minimum atomic E-state index is 0.214. The molecule has 0 radical (unpaired) electrons. The molecule has 3 unspecified atom stereocenters. The highest BCUT2D eigenvalue weighted by atomic mass is 79.9. The van der Waals surface area contributed by atoms with Crippen molar-refractivity contribution in [2.24, 2.45) is 5.41 Å². The third kappa shape index (κ3) is 2.12. The number of benzene rings is 1. The molecule has 20 heavy (non-hydrogen) atoms. The van der Waals surface area contributed by atoms with E-state index in [2.05, 4.69) is 46.9 Å². The number of alkyl halides is 1. The maximum absolute atomic E-state index is 6.30. The van der Waals surface area contributed by atoms with E-state index in [9.17, 15) is 0 Å². The molecule has 0 saturated heterocycles. The molecule has 1 saturated carbocycles. The first kappa shape index (κ1) is 13.9. The first-order valence-corrected chi connectivity index (χ1v) is 8.13. The first-order chi connectivity index (χ1) is 9.54. The third-order valence-electron chi connectivity index (χ3n) is 4.73. The second kappa shape index (κ2) is 5.03. The van der Waals surface area contributed by atoms with E-state index in [-0.39, 0.29) is 11.5 Å². The lowest BCUT2D eigenvalue weighted by Crippen LogP contribution is -2.54. The van der Waals surface area contributed by atoms with E-state index in [0.29, 0.717) is 4.83 Å². The van der Waals surface area contributed by atoms with Crippen LogP contribution in [-0.4, -0.2) is 15.9 Å². The molecule has 0 amide bonds. The summed E-state index contributed by atoms with van der Waals surface area (Å²) in [6.07, 6.45) is 2.45. The maximum Gasteiger partial charge on any atom is 0.145 e. The number of nitrogens with zero attached hydrogens (tertiary/aromatic N) is 1. The second-order valence-corrected chi connectivity index (χ2v) is 7.05. The van der Waals surface area contributed by atoms with E-state index in [1.54, 1.807) is 0 Å². The SMILES string of the molecule is CCC1(C)C(Br)CC1Oc1cccc2ccc(C)nc12. The van der Waals surface area contributed by atoms with Crippen LogP contribution in [0.5, 0.6) is 5.75 Å². The highest BCUT2D eigenvalue weighted by molar-refractivity contribution is 9.09. The Balaban J connectivity index is 1.94. The zero-order valence-electron chi connectivity index (χ0n) is 12.2. The van der Waals surface area contributed by atoms with Gasteiger partial charge in [0.2, 0.25) is 0 Å². The number of pyridine rings is 1. The minimum absolute atomic E-state index is 0.214. The van der Waals surface area contributed by atoms with Crippen molar-refractivity contribution in [2.45, 2.75) is 44.5 Å². The number of fused-ring (bicyclic) bond motifs is 1. The summed E-state index contributed by atoms with van der Waals surface area (Å²) in [5, 5.41) is 1.14. The summed E-state index contributed by atoms with van der Waals surface area (Å²) in [5.41, 5.74) is 2.22. The second-order valence-electron chi connectivity index (χ2n) is 5.95. The maximum atomic E-state index is 6.30. The van der Waals surface area contributed by atoms with Crippen molar-refractivity contribution in [3.63, 3.8) is 0 Å². The fourth-order valence-corrected chi connectivity index (χ4v) is 3.82. The number of ether oxygens (including phenoxy) is 1. The molecule has 1 heterocycles. The van der Waals surface area contributed by atoms with Crippen molar-refractivity contribution in [1.29, 1.82) is 0 Å². The molecule has 1 aromatic carbocycles. The van der Waals surface area contributed by atoms with Gasteiger partial charge in [0, 0.05) is 21.3 Å². The van der Waals surface area contributed by atoms with Crippen LogP contribution in [0.1, 0.15) is 32.4 Å². The number of aryl methyl sites for hydroxylation is 1. The lowest BCUT2D eigenvalue weighted by Gasteiger charge is -2.50. The van der Waals surface area contributed by atoms with Gasteiger partial charge in [-0.15, -0.1) is 0 Å². The molecule has 1 aliphatic carbocycles. The van der Waals surface area contributed by atoms with Crippen LogP contribution >= 0.6 is 15.9 Å². The Bertz CT molecular complexity index is 642. The third-order valence-corrected chi connectivity index (χ3v) is 6.15. The molecule has 1 aromatic heterocycles. The number of para-hydroxylation sites is 1. The molecule has 3 atom stereocenters. The van der Waals surface area contributed by atoms with E-state index in [1.807, 2.05) is 25.1 Å². The molecule has 2 nitrogen and oxygen atoms in total. The largest absolute Gasteiger partial charge is 0.487 e. The molecule has 0 spiro atoms. The number of rotatable bonds is 3. The lowest BCUT2D eigenvalue weighted by atomic mass is 9.65. The van der Waals surface area contributed by atoms with Crippen LogP contribution in [0.25, 0.3) is 10.9 Å². The van der Waals surface area contributed by atoms with Crippen LogP contribution in [0.15, 0.2) is 30.3 Å². The number of hydrogen-bond acceptors (Lipinski definition) is 2. The van der Waals surface area contributed by atoms with Gasteiger partial charge >= 0.3 is 0 Å². The van der Waals surface area contributed by atoms with Gasteiger partial charge in [-0.1, -0.05) is 48.0 Å². The van der Waals surface area contributed by atoms with Crippen molar-refractivity contribution < 1.29 is 4.74 Å². The van der Waals surface area contributed by atoms with Crippen molar-refractivity contribution in [1.82, 2.24) is 4.98 Å². The summed E-state index contributed by atoms with van der Waals surface area (Å²) >= 11 is 3.76. The molecule has 0 bridgehead atoms. The highest BCUT2D eigenvalue weighted by Gasteiger charge is 2.51. The zero-order valence-corrected chi connectivity index (χ0v) is 13.8. The van der Waals surface area contributed by atoms with Gasteiger partial charge in [-0.25, -0.2) is 4.98 Å². The van der Waals surface area contributed by atoms with Crippen molar-refractivity contribution in [3.05, 3.63) is 36.0 Å². The molecule has 1 aliphatic rings. The standard InChI is InChI=1S/C17H20BrNO/c1-4-17(3)14(18)10-15(17)20-13-7-5-6-12-9-8-11(2)19-16(12)13/h5-9,14-15H,4,10H2,1-3H3. The molecule has 3 rings (SSSR count). The predicted molar refractivity (Wildman–Crippen MR) is 86.6 cm³/mol. The Labute approximate surface area is 128 Å². The van der Waals surface area contributed by atoms with E-state index < -0.39 is 0 Å². The van der Waals surface area contributed by atoms with Gasteiger partial charge in [-0.2, -0.15) is 0 Å². The average molecular weight is 334 g/mol. The summed E-state index contributed by atoms with van der Waals surface area (Å²) in [5.74, 6) is 0.912. The van der Waals surface area contributed by atoms with Crippen LogP contribution in [-0.2, 0) is 0 Å². The molecular formula is C17H20BrNO. The summed E-state index contributed by atoms with van der Waals surface area (Å²) in [7, 11) is 0. The smallest absolute Gasteiger partial charge is 0.145 e. The quantitative estimate of drug-likeness (QED) is 0.747. The normalized spacial score (nSPS) is 29.2. The van der Waals surface area contributed by atoms with Crippen LogP contribution in [0.4, 0.5) is 0 Å². The van der Waals surface area contributed by atoms with Gasteiger partial charge in [0.15, 0.2) is 0 Å². The van der Waals surface area contributed by atoms with Gasteiger partial charge in [0.25, 0.3) is 0 Å². The Kier molecular flexibility index (Phi) is 3.49. The fraction of sp³-hybridized carbons (Fsp3) is 0.471. The van der Waals surface area contributed by atoms with Crippen LogP contribution in [0, 0.1) is 12.3 Å². The Hall–Kier alpha value is -1.09. The predicted octanol–water partition coefficient (Wildman–Crippen LogP) is 4.87. The van der Waals surface area contributed by atoms with Crippen LogP contribution in [0.2, 0.25) is 0 Å². The topological polar surface area (TPSA) is 22.1 Å². The molecule has 1 fully saturated rings. The molecule has 0 N–H and O–H groups in total. The van der Waals surface area contributed by atoms with Gasteiger partial charge < -0.3 is 4.74 Å². The molecule has 2 aromatic rings. The highest BCUT2D eigenvalue weighted by Crippen LogP contribution is 2.50. The number of halogens is 1. The van der Waals surface area contributed by atoms with Gasteiger partial charge in [0.05, 0.1) is 0 Å². The van der Waals surface area contributed by atoms with Crippen LogP contribution < -0.4 is 4.74 Å². The van der Waals surface area contributed by atoms with Crippen molar-refractivity contribution in [3.8, 4) is 5.75 Å². The summed E-state index contributed by atoms with van der Waals surface area (Å²) in [6, 6.07) is 10.3. The van der Waals surface area contributed by atoms with E-state index >= 15 is 0 Å². The number of hydrogen-bond donors (Lipinski definition) is 0. The van der Waals surface area contributed by atoms with Gasteiger partial charge in [-0.3, -0.25) is 0 Å². The summed E-state index contributed by atoms with van der Waals surface area (Å²) in [4.78, 5) is 5.19. The average Bonchev–Trinajstić information content (AvgIpc) is 2.46. The molecule has 3 heteroatoms. The molecular weight excluding hydrogens is 314 g/mol. The monoisotopic (exact) mass is 333 g/mol. The van der Waals surface area contributed by atoms with Crippen molar-refractivity contribution >= 4 is 26.8 Å². The van der Waals surface area contributed by atoms with E-state index in [4.69, 9.17) is 4.74 Å². The van der Waals surface area contributed by atoms with Gasteiger partial charge in [0.1, 0.15) is 17.4 Å². The van der Waals surface area contributed by atoms with Crippen molar-refractivity contribution in [2.75, 3.05) is 0 Å². The summed E-state index contributed by atoms with van der Waals surface area (Å²) < 4.78 is 6.30. The lowest BCUT2D eigenvalue weighted by molar-refractivity contribution is -0.0235. The minimum Gasteiger partial charge on any atom is -0.487 e. The van der Waals surface area contributed by atoms with E-state index in [0.717, 1.165) is 35.2 Å². The molecule has 106 valence electrons. The summed E-state index contributed by atoms with van der Waals surface area (Å²) in [6.45, 7) is 6.55. The first-order valence-electron chi connectivity index (χ1n) is 7.21. The Morgan fingerprint density at radius 1 is 1.35 bits per heavy atom. The Morgan fingerprint density at radius 2 is 2.15 bits per heavy atom. The van der Waals surface area contributed by atoms with Crippen LogP contribution in [0.3, 0.4) is 0 Å². The zero-order chi connectivity index (χ0) is 14.3. The van der Waals surface area contributed by atoms with E-state index in [1.165, 1.54) is 0 Å². The molecule has 0 aliphatic heterocycles. The van der Waals surface area contributed by atoms with Gasteiger partial charge in [-0.05, 0) is 31.9 Å². The Morgan fingerprint density at radius 3 is 2.85 bits per heavy atom. The number of aromatic nitrogens is 1. The fourth-order valence-electron chi connectivity index (χ4n) is 2.87.